The van der Waals surface area contributed by atoms with Crippen LogP contribution in [0.25, 0.3) is 5.65 Å². The van der Waals surface area contributed by atoms with Crippen LogP contribution in [-0.2, 0) is 22.5 Å². The Labute approximate surface area is 143 Å². The molecule has 8 heteroatoms. The van der Waals surface area contributed by atoms with Crippen LogP contribution >= 0.6 is 0 Å². The Hall–Kier alpha value is -3.16. The quantitative estimate of drug-likeness (QED) is 0.656. The SMILES string of the molecule is CCc1nnc2c(C(=O)OCc3cc(C(=O)OC)c(C)o3)cccn12. The number of nitrogens with zero attached hydrogens (tertiary/aromatic N) is 3. The number of aryl methyl sites for hydroxylation is 2. The van der Waals surface area contributed by atoms with E-state index in [9.17, 15) is 9.59 Å². The molecule has 0 aliphatic heterocycles. The second-order valence-electron chi connectivity index (χ2n) is 5.34. The predicted octanol–water partition coefficient (Wildman–Crippen LogP) is 2.34. The average molecular weight is 343 g/mol. The van der Waals surface area contributed by atoms with E-state index in [1.807, 2.05) is 6.92 Å². The van der Waals surface area contributed by atoms with E-state index in [4.69, 9.17) is 9.15 Å². The molecule has 0 fully saturated rings. The van der Waals surface area contributed by atoms with Crippen molar-refractivity contribution < 1.29 is 23.5 Å². The lowest BCUT2D eigenvalue weighted by Gasteiger charge is -2.04. The summed E-state index contributed by atoms with van der Waals surface area (Å²) in [5, 5.41) is 8.10. The van der Waals surface area contributed by atoms with Crippen molar-refractivity contribution in [1.29, 1.82) is 0 Å². The summed E-state index contributed by atoms with van der Waals surface area (Å²) in [6.45, 7) is 3.49. The average Bonchev–Trinajstić information content (AvgIpc) is 3.21. The first-order chi connectivity index (χ1) is 12.0. The molecule has 3 heterocycles. The number of fused-ring (bicyclic) bond motifs is 1. The fraction of sp³-hybridized carbons (Fsp3) is 0.294. The molecule has 25 heavy (non-hydrogen) atoms. The molecule has 3 aromatic heterocycles. The number of methoxy groups -OCH3 is 1. The molecule has 0 amide bonds. The highest BCUT2D eigenvalue weighted by Gasteiger charge is 2.19. The van der Waals surface area contributed by atoms with E-state index in [1.165, 1.54) is 13.2 Å². The summed E-state index contributed by atoms with van der Waals surface area (Å²) in [6.07, 6.45) is 2.49. The van der Waals surface area contributed by atoms with Crippen LogP contribution in [-0.4, -0.2) is 33.6 Å². The van der Waals surface area contributed by atoms with E-state index in [0.717, 1.165) is 5.82 Å². The molecule has 0 aromatic carbocycles. The first-order valence-electron chi connectivity index (χ1n) is 7.72. The minimum absolute atomic E-state index is 0.105. The Morgan fingerprint density at radius 2 is 2.04 bits per heavy atom. The van der Waals surface area contributed by atoms with Crippen LogP contribution in [0.5, 0.6) is 0 Å². The van der Waals surface area contributed by atoms with Crippen molar-refractivity contribution >= 4 is 17.6 Å². The van der Waals surface area contributed by atoms with Crippen molar-refractivity contribution in [2.75, 3.05) is 7.11 Å². The lowest BCUT2D eigenvalue weighted by molar-refractivity contribution is 0.0445. The fourth-order valence-electron chi connectivity index (χ4n) is 2.51. The molecular formula is C17H17N3O5. The van der Waals surface area contributed by atoms with Crippen molar-refractivity contribution in [3.05, 3.63) is 52.9 Å². The van der Waals surface area contributed by atoms with E-state index >= 15 is 0 Å². The Morgan fingerprint density at radius 1 is 1.24 bits per heavy atom. The molecule has 0 radical (unpaired) electrons. The zero-order valence-electron chi connectivity index (χ0n) is 14.1. The third kappa shape index (κ3) is 3.10. The predicted molar refractivity (Wildman–Crippen MR) is 86.3 cm³/mol. The Bertz CT molecular complexity index is 941. The van der Waals surface area contributed by atoms with E-state index in [1.54, 1.807) is 29.7 Å². The number of esters is 2. The zero-order chi connectivity index (χ0) is 18.0. The normalized spacial score (nSPS) is 10.8. The number of carbonyl (C=O) groups excluding carboxylic acids is 2. The van der Waals surface area contributed by atoms with Crippen molar-refractivity contribution in [3.63, 3.8) is 0 Å². The second-order valence-corrected chi connectivity index (χ2v) is 5.34. The molecule has 0 saturated heterocycles. The summed E-state index contributed by atoms with van der Waals surface area (Å²) >= 11 is 0. The van der Waals surface area contributed by atoms with E-state index < -0.39 is 11.9 Å². The highest BCUT2D eigenvalue weighted by Crippen LogP contribution is 2.18. The van der Waals surface area contributed by atoms with Crippen molar-refractivity contribution in [2.45, 2.75) is 26.9 Å². The van der Waals surface area contributed by atoms with Gasteiger partial charge >= 0.3 is 11.9 Å². The third-order valence-electron chi connectivity index (χ3n) is 3.76. The molecule has 0 N–H and O–H groups in total. The number of hydrogen-bond donors (Lipinski definition) is 0. The van der Waals surface area contributed by atoms with E-state index in [0.29, 0.717) is 34.7 Å². The van der Waals surface area contributed by atoms with Crippen LogP contribution in [0.15, 0.2) is 28.8 Å². The van der Waals surface area contributed by atoms with Crippen LogP contribution in [0.4, 0.5) is 0 Å². The van der Waals surface area contributed by atoms with Crippen molar-refractivity contribution in [1.82, 2.24) is 14.6 Å². The van der Waals surface area contributed by atoms with Gasteiger partial charge in [-0.05, 0) is 25.1 Å². The number of carbonyl (C=O) groups is 2. The van der Waals surface area contributed by atoms with Gasteiger partial charge in [0.15, 0.2) is 5.65 Å². The van der Waals surface area contributed by atoms with E-state index in [-0.39, 0.29) is 6.61 Å². The van der Waals surface area contributed by atoms with Gasteiger partial charge in [-0.1, -0.05) is 6.92 Å². The van der Waals surface area contributed by atoms with Gasteiger partial charge in [0.1, 0.15) is 35.1 Å². The maximum Gasteiger partial charge on any atom is 0.342 e. The molecule has 130 valence electrons. The number of aromatic nitrogens is 3. The highest BCUT2D eigenvalue weighted by molar-refractivity contribution is 5.95. The Morgan fingerprint density at radius 3 is 2.76 bits per heavy atom. The maximum absolute atomic E-state index is 12.4. The van der Waals surface area contributed by atoms with Crippen LogP contribution in [0.1, 0.15) is 45.0 Å². The van der Waals surface area contributed by atoms with Gasteiger partial charge in [0, 0.05) is 12.6 Å². The van der Waals surface area contributed by atoms with Gasteiger partial charge in [-0.3, -0.25) is 4.40 Å². The summed E-state index contributed by atoms with van der Waals surface area (Å²) in [4.78, 5) is 24.0. The first-order valence-corrected chi connectivity index (χ1v) is 7.72. The van der Waals surface area contributed by atoms with Crippen LogP contribution in [0.2, 0.25) is 0 Å². The van der Waals surface area contributed by atoms with Crippen LogP contribution in [0.3, 0.4) is 0 Å². The fourth-order valence-corrected chi connectivity index (χ4v) is 2.51. The van der Waals surface area contributed by atoms with Gasteiger partial charge < -0.3 is 13.9 Å². The molecule has 0 saturated carbocycles. The topological polar surface area (TPSA) is 95.9 Å². The molecule has 3 aromatic rings. The third-order valence-corrected chi connectivity index (χ3v) is 3.76. The lowest BCUT2D eigenvalue weighted by atomic mass is 10.2. The van der Waals surface area contributed by atoms with Crippen molar-refractivity contribution in [3.8, 4) is 0 Å². The summed E-state index contributed by atoms with van der Waals surface area (Å²) in [6, 6.07) is 4.86. The largest absolute Gasteiger partial charge is 0.465 e. The Balaban J connectivity index is 1.77. The van der Waals surface area contributed by atoms with Gasteiger partial charge in [0.2, 0.25) is 0 Å². The zero-order valence-corrected chi connectivity index (χ0v) is 14.1. The van der Waals surface area contributed by atoms with Gasteiger partial charge in [0.25, 0.3) is 0 Å². The van der Waals surface area contributed by atoms with Crippen molar-refractivity contribution in [2.24, 2.45) is 0 Å². The minimum Gasteiger partial charge on any atom is -0.465 e. The van der Waals surface area contributed by atoms with Gasteiger partial charge in [-0.15, -0.1) is 10.2 Å². The number of pyridine rings is 1. The summed E-state index contributed by atoms with van der Waals surface area (Å²) in [5.74, 6) is 0.474. The minimum atomic E-state index is -0.547. The summed E-state index contributed by atoms with van der Waals surface area (Å²) in [7, 11) is 1.29. The number of rotatable bonds is 5. The van der Waals surface area contributed by atoms with Gasteiger partial charge in [0.05, 0.1) is 7.11 Å². The number of ether oxygens (including phenoxy) is 2. The molecule has 0 spiro atoms. The lowest BCUT2D eigenvalue weighted by Crippen LogP contribution is -2.07. The molecule has 0 bridgehead atoms. The Kier molecular flexibility index (Phi) is 4.51. The van der Waals surface area contributed by atoms with E-state index in [2.05, 4.69) is 14.9 Å². The molecule has 0 aliphatic carbocycles. The first kappa shape index (κ1) is 16.7. The number of furan rings is 1. The molecular weight excluding hydrogens is 326 g/mol. The van der Waals surface area contributed by atoms with Gasteiger partial charge in [-0.25, -0.2) is 9.59 Å². The van der Waals surface area contributed by atoms with Crippen LogP contribution in [0, 0.1) is 6.92 Å². The maximum atomic E-state index is 12.4. The molecule has 0 atom stereocenters. The summed E-state index contributed by atoms with van der Waals surface area (Å²) in [5.41, 5.74) is 1.06. The molecule has 0 unspecified atom stereocenters. The highest BCUT2D eigenvalue weighted by atomic mass is 16.5. The molecule has 3 rings (SSSR count). The number of hydrogen-bond acceptors (Lipinski definition) is 7. The summed E-state index contributed by atoms with van der Waals surface area (Å²) < 4.78 is 17.1. The smallest absolute Gasteiger partial charge is 0.342 e. The monoisotopic (exact) mass is 343 g/mol. The second kappa shape index (κ2) is 6.76. The van der Waals surface area contributed by atoms with Gasteiger partial charge in [-0.2, -0.15) is 0 Å². The van der Waals surface area contributed by atoms with Crippen LogP contribution < -0.4 is 0 Å². The molecule has 8 nitrogen and oxygen atoms in total. The standard InChI is InChI=1S/C17H17N3O5/c1-4-14-18-19-15-12(6-5-7-20(14)15)17(22)24-9-11-8-13(10(2)25-11)16(21)23-3/h5-8H,4,9H2,1-3H3. The molecule has 0 aliphatic rings.